The van der Waals surface area contributed by atoms with Gasteiger partial charge in [0.05, 0.1) is 6.61 Å². The van der Waals surface area contributed by atoms with Crippen LogP contribution in [0.3, 0.4) is 0 Å². The molecular weight excluding hydrogens is 244 g/mol. The zero-order valence-corrected chi connectivity index (χ0v) is 11.6. The van der Waals surface area contributed by atoms with E-state index in [1.165, 1.54) is 0 Å². The van der Waals surface area contributed by atoms with E-state index in [0.717, 1.165) is 24.9 Å². The second-order valence-corrected chi connectivity index (χ2v) is 4.02. The molecule has 19 heavy (non-hydrogen) atoms. The number of aldehydes is 1. The molecule has 0 radical (unpaired) electrons. The third kappa shape index (κ3) is 6.36. The summed E-state index contributed by atoms with van der Waals surface area (Å²) in [6, 6.07) is 7.08. The van der Waals surface area contributed by atoms with Crippen LogP contribution < -0.4 is 4.74 Å². The molecule has 0 unspecified atom stereocenters. The van der Waals surface area contributed by atoms with Gasteiger partial charge in [0.15, 0.2) is 6.29 Å². The Morgan fingerprint density at radius 1 is 1.11 bits per heavy atom. The highest BCUT2D eigenvalue weighted by Crippen LogP contribution is 2.12. The van der Waals surface area contributed by atoms with Gasteiger partial charge in [-0.05, 0) is 44.5 Å². The molecule has 1 aromatic carbocycles. The molecule has 0 aliphatic rings. The summed E-state index contributed by atoms with van der Waals surface area (Å²) in [4.78, 5) is 10.5. The van der Waals surface area contributed by atoms with Gasteiger partial charge in [-0.3, -0.25) is 4.79 Å². The SMILES string of the molecule is CCOC(CCCOc1ccc(C=O)cc1)OCC. The summed E-state index contributed by atoms with van der Waals surface area (Å²) in [5.41, 5.74) is 0.653. The molecule has 0 aliphatic carbocycles. The monoisotopic (exact) mass is 266 g/mol. The number of ether oxygens (including phenoxy) is 3. The van der Waals surface area contributed by atoms with Gasteiger partial charge in [0, 0.05) is 25.2 Å². The van der Waals surface area contributed by atoms with Crippen LogP contribution in [0, 0.1) is 0 Å². The molecule has 1 aromatic rings. The van der Waals surface area contributed by atoms with Crippen molar-refractivity contribution in [2.45, 2.75) is 33.0 Å². The topological polar surface area (TPSA) is 44.8 Å². The molecule has 0 saturated heterocycles. The standard InChI is InChI=1S/C15H22O4/c1-3-17-15(18-4-2)6-5-11-19-14-9-7-13(12-16)8-10-14/h7-10,12,15H,3-6,11H2,1-2H3. The Hall–Kier alpha value is -1.39. The Labute approximate surface area is 114 Å². The number of hydrogen-bond donors (Lipinski definition) is 0. The van der Waals surface area contributed by atoms with Crippen molar-refractivity contribution >= 4 is 6.29 Å². The maximum absolute atomic E-state index is 10.5. The van der Waals surface area contributed by atoms with Crippen molar-refractivity contribution in [1.82, 2.24) is 0 Å². The normalized spacial score (nSPS) is 10.7. The summed E-state index contributed by atoms with van der Waals surface area (Å²) in [5.74, 6) is 0.773. The van der Waals surface area contributed by atoms with Crippen LogP contribution in [0.1, 0.15) is 37.0 Å². The van der Waals surface area contributed by atoms with E-state index in [2.05, 4.69) is 0 Å². The second kappa shape index (κ2) is 9.53. The molecule has 0 N–H and O–H groups in total. The first-order chi connectivity index (χ1) is 9.30. The summed E-state index contributed by atoms with van der Waals surface area (Å²) < 4.78 is 16.5. The fraction of sp³-hybridized carbons (Fsp3) is 0.533. The predicted octanol–water partition coefficient (Wildman–Crippen LogP) is 3.06. The molecule has 1 rings (SSSR count). The smallest absolute Gasteiger partial charge is 0.157 e. The highest BCUT2D eigenvalue weighted by Gasteiger charge is 2.07. The summed E-state index contributed by atoms with van der Waals surface area (Å²) in [6.07, 6.45) is 2.35. The van der Waals surface area contributed by atoms with Crippen molar-refractivity contribution in [3.63, 3.8) is 0 Å². The third-order valence-corrected chi connectivity index (χ3v) is 2.57. The average Bonchev–Trinajstić information content (AvgIpc) is 2.44. The Bertz CT molecular complexity index is 342. The minimum absolute atomic E-state index is 0.143. The van der Waals surface area contributed by atoms with Gasteiger partial charge in [-0.25, -0.2) is 0 Å². The molecule has 0 heterocycles. The second-order valence-electron chi connectivity index (χ2n) is 4.02. The maximum atomic E-state index is 10.5. The van der Waals surface area contributed by atoms with Crippen LogP contribution in [0.4, 0.5) is 0 Å². The number of hydrogen-bond acceptors (Lipinski definition) is 4. The third-order valence-electron chi connectivity index (χ3n) is 2.57. The van der Waals surface area contributed by atoms with E-state index >= 15 is 0 Å². The summed E-state index contributed by atoms with van der Waals surface area (Å²) >= 11 is 0. The summed E-state index contributed by atoms with van der Waals surface area (Å²) in [7, 11) is 0. The Kier molecular flexibility index (Phi) is 7.86. The first-order valence-corrected chi connectivity index (χ1v) is 6.71. The van der Waals surface area contributed by atoms with Gasteiger partial charge in [0.25, 0.3) is 0 Å². The van der Waals surface area contributed by atoms with Gasteiger partial charge in [0.2, 0.25) is 0 Å². The fourth-order valence-electron chi connectivity index (χ4n) is 1.67. The fourth-order valence-corrected chi connectivity index (χ4v) is 1.67. The Morgan fingerprint density at radius 3 is 2.26 bits per heavy atom. The largest absolute Gasteiger partial charge is 0.494 e. The molecule has 0 fully saturated rings. The molecule has 0 aliphatic heterocycles. The van der Waals surface area contributed by atoms with Crippen molar-refractivity contribution in [2.24, 2.45) is 0 Å². The van der Waals surface area contributed by atoms with Crippen LogP contribution in [0.2, 0.25) is 0 Å². The lowest BCUT2D eigenvalue weighted by atomic mass is 10.2. The highest BCUT2D eigenvalue weighted by atomic mass is 16.7. The lowest BCUT2D eigenvalue weighted by Crippen LogP contribution is -2.18. The number of rotatable bonds is 10. The average molecular weight is 266 g/mol. The first kappa shape index (κ1) is 15.7. The quantitative estimate of drug-likeness (QED) is 0.371. The minimum atomic E-state index is -0.143. The molecule has 4 nitrogen and oxygen atoms in total. The summed E-state index contributed by atoms with van der Waals surface area (Å²) in [5, 5.41) is 0. The van der Waals surface area contributed by atoms with E-state index < -0.39 is 0 Å². The van der Waals surface area contributed by atoms with Gasteiger partial charge in [-0.1, -0.05) is 0 Å². The molecule has 4 heteroatoms. The van der Waals surface area contributed by atoms with Crippen molar-refractivity contribution in [3.05, 3.63) is 29.8 Å². The van der Waals surface area contributed by atoms with Crippen LogP contribution >= 0.6 is 0 Å². The Morgan fingerprint density at radius 2 is 1.74 bits per heavy atom. The van der Waals surface area contributed by atoms with Crippen molar-refractivity contribution < 1.29 is 19.0 Å². The minimum Gasteiger partial charge on any atom is -0.494 e. The van der Waals surface area contributed by atoms with Crippen LogP contribution in [0.15, 0.2) is 24.3 Å². The zero-order valence-electron chi connectivity index (χ0n) is 11.6. The van der Waals surface area contributed by atoms with Gasteiger partial charge >= 0.3 is 0 Å². The summed E-state index contributed by atoms with van der Waals surface area (Å²) in [6.45, 7) is 5.82. The Balaban J connectivity index is 2.23. The predicted molar refractivity (Wildman–Crippen MR) is 73.6 cm³/mol. The van der Waals surface area contributed by atoms with Gasteiger partial charge < -0.3 is 14.2 Å². The van der Waals surface area contributed by atoms with Crippen LogP contribution in [-0.4, -0.2) is 32.4 Å². The molecule has 0 spiro atoms. The van der Waals surface area contributed by atoms with Crippen LogP contribution in [0.5, 0.6) is 5.75 Å². The number of benzene rings is 1. The van der Waals surface area contributed by atoms with Crippen LogP contribution in [-0.2, 0) is 9.47 Å². The lowest BCUT2D eigenvalue weighted by Gasteiger charge is -2.16. The molecule has 106 valence electrons. The number of carbonyl (C=O) groups is 1. The number of carbonyl (C=O) groups excluding carboxylic acids is 1. The molecule has 0 amide bonds. The van der Waals surface area contributed by atoms with Gasteiger partial charge in [0.1, 0.15) is 12.0 Å². The van der Waals surface area contributed by atoms with Gasteiger partial charge in [-0.15, -0.1) is 0 Å². The first-order valence-electron chi connectivity index (χ1n) is 6.71. The molecule has 0 bridgehead atoms. The van der Waals surface area contributed by atoms with Crippen molar-refractivity contribution in [1.29, 1.82) is 0 Å². The molecular formula is C15H22O4. The molecule has 0 aromatic heterocycles. The van der Waals surface area contributed by atoms with E-state index in [1.54, 1.807) is 24.3 Å². The van der Waals surface area contributed by atoms with E-state index in [1.807, 2.05) is 13.8 Å². The van der Waals surface area contributed by atoms with Crippen molar-refractivity contribution in [2.75, 3.05) is 19.8 Å². The lowest BCUT2D eigenvalue weighted by molar-refractivity contribution is -0.140. The highest BCUT2D eigenvalue weighted by molar-refractivity contribution is 5.74. The van der Waals surface area contributed by atoms with E-state index in [4.69, 9.17) is 14.2 Å². The van der Waals surface area contributed by atoms with Crippen molar-refractivity contribution in [3.8, 4) is 5.75 Å². The molecule has 0 saturated carbocycles. The zero-order chi connectivity index (χ0) is 13.9. The molecule has 0 atom stereocenters. The van der Waals surface area contributed by atoms with E-state index in [0.29, 0.717) is 25.4 Å². The van der Waals surface area contributed by atoms with E-state index in [9.17, 15) is 4.79 Å². The van der Waals surface area contributed by atoms with Crippen LogP contribution in [0.25, 0.3) is 0 Å². The van der Waals surface area contributed by atoms with Gasteiger partial charge in [-0.2, -0.15) is 0 Å². The maximum Gasteiger partial charge on any atom is 0.157 e. The van der Waals surface area contributed by atoms with E-state index in [-0.39, 0.29) is 6.29 Å².